The molecule has 1 fully saturated rings. The quantitative estimate of drug-likeness (QED) is 0.613. The molecule has 1 aliphatic heterocycles. The number of esters is 1. The van der Waals surface area contributed by atoms with Crippen molar-refractivity contribution >= 4 is 17.7 Å². The second-order valence-electron chi connectivity index (χ2n) is 4.10. The lowest BCUT2D eigenvalue weighted by atomic mass is 9.89. The summed E-state index contributed by atoms with van der Waals surface area (Å²) in [6.45, 7) is 0. The number of rotatable bonds is 2. The largest absolute Gasteiger partial charge is 0.468 e. The van der Waals surface area contributed by atoms with E-state index in [4.69, 9.17) is 0 Å². The van der Waals surface area contributed by atoms with Crippen molar-refractivity contribution in [3.05, 3.63) is 35.9 Å². The molecule has 0 aliphatic carbocycles. The van der Waals surface area contributed by atoms with Crippen LogP contribution in [0.2, 0.25) is 0 Å². The zero-order valence-electron chi connectivity index (χ0n) is 9.88. The molecule has 0 aromatic heterocycles. The van der Waals surface area contributed by atoms with Crippen LogP contribution in [-0.4, -0.2) is 24.8 Å². The van der Waals surface area contributed by atoms with Gasteiger partial charge >= 0.3 is 5.97 Å². The summed E-state index contributed by atoms with van der Waals surface area (Å²) in [5.74, 6) is -3.12. The van der Waals surface area contributed by atoms with Crippen LogP contribution in [0.1, 0.15) is 18.0 Å². The lowest BCUT2D eigenvalue weighted by molar-refractivity contribution is -0.155. The van der Waals surface area contributed by atoms with E-state index in [1.807, 2.05) is 30.3 Å². The van der Waals surface area contributed by atoms with Crippen molar-refractivity contribution in [2.75, 3.05) is 7.11 Å². The van der Waals surface area contributed by atoms with Crippen molar-refractivity contribution in [3.63, 3.8) is 0 Å². The van der Waals surface area contributed by atoms with E-state index < -0.39 is 23.6 Å². The van der Waals surface area contributed by atoms with E-state index in [0.717, 1.165) is 12.7 Å². The fourth-order valence-electron chi connectivity index (χ4n) is 2.01. The molecule has 1 aliphatic rings. The molecule has 1 aromatic carbocycles. The molecule has 0 spiro atoms. The molecule has 1 heterocycles. The van der Waals surface area contributed by atoms with Gasteiger partial charge in [0, 0.05) is 6.42 Å². The maximum Gasteiger partial charge on any atom is 0.325 e. The Morgan fingerprint density at radius 1 is 1.28 bits per heavy atom. The summed E-state index contributed by atoms with van der Waals surface area (Å²) in [6, 6.07) is 8.81. The van der Waals surface area contributed by atoms with Crippen molar-refractivity contribution in [1.82, 2.24) is 5.32 Å². The molecule has 1 saturated heterocycles. The van der Waals surface area contributed by atoms with Crippen LogP contribution in [0.4, 0.5) is 0 Å². The second-order valence-corrected chi connectivity index (χ2v) is 4.10. The highest BCUT2D eigenvalue weighted by Crippen LogP contribution is 2.24. The summed E-state index contributed by atoms with van der Waals surface area (Å²) in [6.07, 6.45) is 0.107. The summed E-state index contributed by atoms with van der Waals surface area (Å²) in [5.41, 5.74) is 0.850. The van der Waals surface area contributed by atoms with E-state index in [1.165, 1.54) is 0 Å². The highest BCUT2D eigenvalue weighted by Gasteiger charge is 2.41. The number of Topliss-reactive ketones (excluding diaryl/α,β-unsaturated/α-hetero) is 1. The first-order valence-corrected chi connectivity index (χ1v) is 5.59. The summed E-state index contributed by atoms with van der Waals surface area (Å²) < 4.78 is 4.45. The highest BCUT2D eigenvalue weighted by atomic mass is 16.5. The van der Waals surface area contributed by atoms with Crippen LogP contribution in [0.5, 0.6) is 0 Å². The molecular weight excluding hydrogens is 234 g/mol. The first-order chi connectivity index (χ1) is 8.63. The van der Waals surface area contributed by atoms with E-state index in [9.17, 15) is 14.4 Å². The molecule has 5 nitrogen and oxygen atoms in total. The summed E-state index contributed by atoms with van der Waals surface area (Å²) in [4.78, 5) is 34.9. The van der Waals surface area contributed by atoms with Crippen LogP contribution in [0.3, 0.4) is 0 Å². The number of amides is 1. The monoisotopic (exact) mass is 247 g/mol. The Morgan fingerprint density at radius 2 is 1.94 bits per heavy atom. The Kier molecular flexibility index (Phi) is 3.41. The average Bonchev–Trinajstić information content (AvgIpc) is 2.38. The molecule has 1 aromatic rings. The van der Waals surface area contributed by atoms with Crippen molar-refractivity contribution in [3.8, 4) is 0 Å². The lowest BCUT2D eigenvalue weighted by Gasteiger charge is -2.27. The third-order valence-electron chi connectivity index (χ3n) is 2.94. The Labute approximate surface area is 104 Å². The van der Waals surface area contributed by atoms with E-state index in [1.54, 1.807) is 0 Å². The van der Waals surface area contributed by atoms with E-state index in [0.29, 0.717) is 0 Å². The van der Waals surface area contributed by atoms with Gasteiger partial charge in [0.2, 0.25) is 5.91 Å². The topological polar surface area (TPSA) is 72.5 Å². The van der Waals surface area contributed by atoms with Gasteiger partial charge in [0.25, 0.3) is 0 Å². The van der Waals surface area contributed by atoms with Gasteiger partial charge in [0.05, 0.1) is 13.2 Å². The fraction of sp³-hybridized carbons (Fsp3) is 0.308. The number of hydrogen-bond donors (Lipinski definition) is 1. The van der Waals surface area contributed by atoms with Crippen molar-refractivity contribution in [1.29, 1.82) is 0 Å². The summed E-state index contributed by atoms with van der Waals surface area (Å²) in [5, 5.41) is 2.67. The minimum Gasteiger partial charge on any atom is -0.468 e. The third kappa shape index (κ3) is 2.25. The van der Waals surface area contributed by atoms with Gasteiger partial charge in [-0.25, -0.2) is 0 Å². The number of benzene rings is 1. The number of nitrogens with one attached hydrogen (secondary N) is 1. The maximum absolute atomic E-state index is 11.8. The van der Waals surface area contributed by atoms with Gasteiger partial charge in [-0.3, -0.25) is 14.4 Å². The molecule has 2 unspecified atom stereocenters. The molecular formula is C13H13NO4. The number of carbonyl (C=O) groups excluding carboxylic acids is 3. The van der Waals surface area contributed by atoms with Gasteiger partial charge in [0.1, 0.15) is 0 Å². The van der Waals surface area contributed by atoms with Crippen molar-refractivity contribution in [2.24, 2.45) is 5.92 Å². The number of piperidine rings is 1. The first-order valence-electron chi connectivity index (χ1n) is 5.59. The molecule has 0 radical (unpaired) electrons. The van der Waals surface area contributed by atoms with Crippen molar-refractivity contribution in [2.45, 2.75) is 12.5 Å². The van der Waals surface area contributed by atoms with Crippen LogP contribution in [0.15, 0.2) is 30.3 Å². The van der Waals surface area contributed by atoms with Gasteiger partial charge in [0.15, 0.2) is 11.7 Å². The number of hydrogen-bond acceptors (Lipinski definition) is 4. The van der Waals surface area contributed by atoms with Gasteiger partial charge in [-0.15, -0.1) is 0 Å². The van der Waals surface area contributed by atoms with E-state index in [2.05, 4.69) is 10.1 Å². The molecule has 94 valence electrons. The van der Waals surface area contributed by atoms with E-state index in [-0.39, 0.29) is 12.5 Å². The predicted molar refractivity (Wildman–Crippen MR) is 62.5 cm³/mol. The number of ketones is 1. The molecule has 0 saturated carbocycles. The molecule has 2 atom stereocenters. The average molecular weight is 247 g/mol. The molecule has 1 amide bonds. The molecule has 18 heavy (non-hydrogen) atoms. The zero-order valence-corrected chi connectivity index (χ0v) is 9.88. The smallest absolute Gasteiger partial charge is 0.325 e. The van der Waals surface area contributed by atoms with Crippen LogP contribution >= 0.6 is 0 Å². The second kappa shape index (κ2) is 5.00. The van der Waals surface area contributed by atoms with Crippen LogP contribution in [-0.2, 0) is 19.1 Å². The minimum atomic E-state index is -1.32. The van der Waals surface area contributed by atoms with Gasteiger partial charge < -0.3 is 10.1 Å². The minimum absolute atomic E-state index is 0.107. The normalized spacial score (nSPS) is 23.4. The van der Waals surface area contributed by atoms with E-state index >= 15 is 0 Å². The first kappa shape index (κ1) is 12.3. The fourth-order valence-corrected chi connectivity index (χ4v) is 2.01. The number of methoxy groups -OCH3 is 1. The van der Waals surface area contributed by atoms with Crippen LogP contribution in [0.25, 0.3) is 0 Å². The van der Waals surface area contributed by atoms with Crippen molar-refractivity contribution < 1.29 is 19.1 Å². The predicted octanol–water partition coefficient (Wildman–Crippen LogP) is 0.606. The molecule has 2 rings (SSSR count). The Hall–Kier alpha value is -2.17. The summed E-state index contributed by atoms with van der Waals surface area (Å²) >= 11 is 0. The van der Waals surface area contributed by atoms with Crippen LogP contribution < -0.4 is 5.32 Å². The molecule has 0 bridgehead atoms. The Balaban J connectivity index is 2.17. The Morgan fingerprint density at radius 3 is 2.50 bits per heavy atom. The van der Waals surface area contributed by atoms with Gasteiger partial charge in [-0.05, 0) is 5.56 Å². The Bertz CT molecular complexity index is 465. The highest BCUT2D eigenvalue weighted by molar-refractivity contribution is 6.18. The van der Waals surface area contributed by atoms with Gasteiger partial charge in [-0.1, -0.05) is 30.3 Å². The SMILES string of the molecule is COC(=O)C1C(=O)CC(c2ccccc2)NC1=O. The molecule has 5 heteroatoms. The number of ether oxygens (including phenoxy) is 1. The zero-order chi connectivity index (χ0) is 13.1. The van der Waals surface area contributed by atoms with Gasteiger partial charge in [-0.2, -0.15) is 0 Å². The number of carbonyl (C=O) groups is 3. The lowest BCUT2D eigenvalue weighted by Crippen LogP contribution is -2.48. The molecule has 1 N–H and O–H groups in total. The standard InChI is InChI=1S/C13H13NO4/c1-18-13(17)11-10(15)7-9(14-12(11)16)8-5-3-2-4-6-8/h2-6,9,11H,7H2,1H3,(H,14,16). The van der Waals surface area contributed by atoms with Crippen LogP contribution in [0, 0.1) is 5.92 Å². The third-order valence-corrected chi connectivity index (χ3v) is 2.94. The maximum atomic E-state index is 11.8. The summed E-state index contributed by atoms with van der Waals surface area (Å²) in [7, 11) is 1.16.